The predicted molar refractivity (Wildman–Crippen MR) is 127 cm³/mol. The van der Waals surface area contributed by atoms with E-state index in [0.29, 0.717) is 32.2 Å². The molecule has 0 aliphatic heterocycles. The fourth-order valence-corrected chi connectivity index (χ4v) is 3.23. The molecule has 10 N–H and O–H groups in total. The molecule has 0 spiro atoms. The first-order chi connectivity index (χ1) is 15.9. The monoisotopic (exact) mass is 486 g/mol. The highest BCUT2D eigenvalue weighted by Crippen LogP contribution is 2.13. The number of aliphatic carboxylic acids is 1. The number of carbonyl (C=O) groups is 5. The third kappa shape index (κ3) is 10.9. The van der Waals surface area contributed by atoms with E-state index in [0.717, 1.165) is 0 Å². The predicted octanol–water partition coefficient (Wildman–Crippen LogP) is -1.05. The molecule has 0 aliphatic rings. The minimum absolute atomic E-state index is 0.211. The van der Waals surface area contributed by atoms with Crippen LogP contribution in [0.2, 0.25) is 0 Å². The number of carbonyl (C=O) groups excluding carboxylic acids is 4. The lowest BCUT2D eigenvalue weighted by molar-refractivity contribution is -0.143. The van der Waals surface area contributed by atoms with Crippen LogP contribution in [0.3, 0.4) is 0 Å². The number of nitrogens with two attached hydrogens (primary N) is 3. The number of nitrogens with one attached hydrogen (secondary N) is 3. The number of hydrogen-bond donors (Lipinski definition) is 7. The summed E-state index contributed by atoms with van der Waals surface area (Å²) in [6.45, 7) is 7.59. The van der Waals surface area contributed by atoms with E-state index in [2.05, 4.69) is 16.0 Å². The Balaban J connectivity index is 5.56. The number of carboxylic acids is 1. The first-order valence-corrected chi connectivity index (χ1v) is 11.8. The normalized spacial score (nSPS) is 16.3. The maximum absolute atomic E-state index is 13.1. The molecular weight excluding hydrogens is 444 g/mol. The second-order valence-corrected chi connectivity index (χ2v) is 8.70. The number of primary amides is 1. The van der Waals surface area contributed by atoms with Gasteiger partial charge in [0.2, 0.25) is 23.6 Å². The topological polar surface area (TPSA) is 220 Å². The molecule has 0 heterocycles. The molecule has 6 atom stereocenters. The largest absolute Gasteiger partial charge is 0.480 e. The molecule has 0 saturated heterocycles. The summed E-state index contributed by atoms with van der Waals surface area (Å²) in [5.41, 5.74) is 16.2. The fraction of sp³-hybridized carbons (Fsp3) is 0.773. The van der Waals surface area contributed by atoms with E-state index in [1.165, 1.54) is 0 Å². The maximum Gasteiger partial charge on any atom is 0.326 e. The molecule has 0 rings (SSSR count). The van der Waals surface area contributed by atoms with E-state index in [9.17, 15) is 29.1 Å². The fourth-order valence-electron chi connectivity index (χ4n) is 3.23. The van der Waals surface area contributed by atoms with E-state index in [4.69, 9.17) is 17.2 Å². The van der Waals surface area contributed by atoms with Gasteiger partial charge < -0.3 is 38.3 Å². The number of unbranched alkanes of at least 4 members (excludes halogenated alkanes) is 1. The van der Waals surface area contributed by atoms with E-state index >= 15 is 0 Å². The number of hydrogen-bond acceptors (Lipinski definition) is 7. The van der Waals surface area contributed by atoms with Crippen molar-refractivity contribution in [3.8, 4) is 0 Å². The molecule has 196 valence electrons. The van der Waals surface area contributed by atoms with Gasteiger partial charge in [0.25, 0.3) is 0 Å². The van der Waals surface area contributed by atoms with E-state index in [1.807, 2.05) is 13.8 Å². The van der Waals surface area contributed by atoms with Crippen molar-refractivity contribution in [2.24, 2.45) is 29.0 Å². The van der Waals surface area contributed by atoms with Gasteiger partial charge in [-0.1, -0.05) is 40.5 Å². The first kappa shape index (κ1) is 31.3. The van der Waals surface area contributed by atoms with Crippen LogP contribution in [-0.2, 0) is 24.0 Å². The Morgan fingerprint density at radius 1 is 0.824 bits per heavy atom. The van der Waals surface area contributed by atoms with Crippen LogP contribution >= 0.6 is 0 Å². The van der Waals surface area contributed by atoms with E-state index in [1.54, 1.807) is 13.8 Å². The molecular formula is C22H42N6O6. The number of rotatable bonds is 17. The molecule has 4 amide bonds. The Hall–Kier alpha value is -2.73. The summed E-state index contributed by atoms with van der Waals surface area (Å²) in [6.07, 6.45) is 2.06. The summed E-state index contributed by atoms with van der Waals surface area (Å²) < 4.78 is 0. The highest BCUT2D eigenvalue weighted by Gasteiger charge is 2.34. The van der Waals surface area contributed by atoms with E-state index < -0.39 is 53.8 Å². The van der Waals surface area contributed by atoms with Gasteiger partial charge in [-0.3, -0.25) is 19.2 Å². The van der Waals surface area contributed by atoms with Gasteiger partial charge in [-0.05, 0) is 37.6 Å². The molecule has 0 saturated carbocycles. The van der Waals surface area contributed by atoms with Gasteiger partial charge in [0.05, 0.1) is 12.5 Å². The zero-order valence-electron chi connectivity index (χ0n) is 20.6. The molecule has 12 nitrogen and oxygen atoms in total. The average Bonchev–Trinajstić information content (AvgIpc) is 2.78. The summed E-state index contributed by atoms with van der Waals surface area (Å²) in [6, 6.07) is -4.36. The van der Waals surface area contributed by atoms with Gasteiger partial charge in [-0.15, -0.1) is 0 Å². The van der Waals surface area contributed by atoms with Crippen molar-refractivity contribution in [1.29, 1.82) is 0 Å². The number of carboxylic acid groups (broad SMARTS) is 1. The summed E-state index contributed by atoms with van der Waals surface area (Å²) in [7, 11) is 0. The molecule has 0 aromatic heterocycles. The van der Waals surface area contributed by atoms with Crippen molar-refractivity contribution < 1.29 is 29.1 Å². The molecule has 0 aliphatic carbocycles. The molecule has 34 heavy (non-hydrogen) atoms. The standard InChI is InChI=1S/C22H42N6O6/c1-5-12(3)17(20(31)26-15(22(33)34)9-7-8-10-23)28-21(32)18(13(4)6-2)27-19(30)14(24)11-16(25)29/h12-15,17-18H,5-11,23-24H2,1-4H3,(H2,25,29)(H,26,31)(H,27,30)(H,28,32)(H,33,34). The average molecular weight is 487 g/mol. The third-order valence-corrected chi connectivity index (χ3v) is 5.91. The van der Waals surface area contributed by atoms with Gasteiger partial charge in [0, 0.05) is 0 Å². The Bertz CT molecular complexity index is 703. The second kappa shape index (κ2) is 16.0. The lowest BCUT2D eigenvalue weighted by Gasteiger charge is -2.30. The molecule has 6 unspecified atom stereocenters. The van der Waals surface area contributed by atoms with Gasteiger partial charge >= 0.3 is 5.97 Å². The molecule has 0 aromatic rings. The molecule has 0 fully saturated rings. The third-order valence-electron chi connectivity index (χ3n) is 5.91. The molecule has 0 bridgehead atoms. The smallest absolute Gasteiger partial charge is 0.326 e. The van der Waals surface area contributed by atoms with Crippen molar-refractivity contribution in [3.63, 3.8) is 0 Å². The van der Waals surface area contributed by atoms with Crippen molar-refractivity contribution in [2.75, 3.05) is 6.54 Å². The van der Waals surface area contributed by atoms with Gasteiger partial charge in [-0.25, -0.2) is 4.79 Å². The lowest BCUT2D eigenvalue weighted by atomic mass is 9.94. The van der Waals surface area contributed by atoms with Crippen LogP contribution in [0.25, 0.3) is 0 Å². The zero-order valence-corrected chi connectivity index (χ0v) is 20.6. The molecule has 0 radical (unpaired) electrons. The van der Waals surface area contributed by atoms with Crippen LogP contribution in [0.4, 0.5) is 0 Å². The Labute approximate surface area is 201 Å². The van der Waals surface area contributed by atoms with Crippen molar-refractivity contribution in [2.45, 2.75) is 90.4 Å². The quantitative estimate of drug-likeness (QED) is 0.125. The Morgan fingerprint density at radius 3 is 1.71 bits per heavy atom. The molecule has 0 aromatic carbocycles. The van der Waals surface area contributed by atoms with Crippen LogP contribution in [0.1, 0.15) is 66.2 Å². The van der Waals surface area contributed by atoms with Crippen molar-refractivity contribution in [3.05, 3.63) is 0 Å². The van der Waals surface area contributed by atoms with Gasteiger partial charge in [0.1, 0.15) is 18.1 Å². The van der Waals surface area contributed by atoms with Crippen LogP contribution in [0, 0.1) is 11.8 Å². The minimum Gasteiger partial charge on any atom is -0.480 e. The Morgan fingerprint density at radius 2 is 1.29 bits per heavy atom. The van der Waals surface area contributed by atoms with Crippen LogP contribution in [0.5, 0.6) is 0 Å². The highest BCUT2D eigenvalue weighted by molar-refractivity contribution is 5.95. The van der Waals surface area contributed by atoms with Crippen LogP contribution in [0.15, 0.2) is 0 Å². The first-order valence-electron chi connectivity index (χ1n) is 11.8. The van der Waals surface area contributed by atoms with Crippen LogP contribution in [-0.4, -0.2) is 65.4 Å². The maximum atomic E-state index is 13.1. The number of amides is 4. The molecule has 12 heteroatoms. The van der Waals surface area contributed by atoms with Gasteiger partial charge in [0.15, 0.2) is 0 Å². The second-order valence-electron chi connectivity index (χ2n) is 8.70. The van der Waals surface area contributed by atoms with Crippen molar-refractivity contribution in [1.82, 2.24) is 16.0 Å². The van der Waals surface area contributed by atoms with Crippen molar-refractivity contribution >= 4 is 29.6 Å². The van der Waals surface area contributed by atoms with Gasteiger partial charge in [-0.2, -0.15) is 0 Å². The lowest BCUT2D eigenvalue weighted by Crippen LogP contribution is -2.60. The minimum atomic E-state index is -1.21. The summed E-state index contributed by atoms with van der Waals surface area (Å²) in [5.74, 6) is -4.49. The SMILES string of the molecule is CCC(C)C(NC(=O)C(N)CC(N)=O)C(=O)NC(C(=O)NC(CCCCN)C(=O)O)C(C)CC. The highest BCUT2D eigenvalue weighted by atomic mass is 16.4. The summed E-state index contributed by atoms with van der Waals surface area (Å²) in [5, 5.41) is 17.2. The summed E-state index contributed by atoms with van der Waals surface area (Å²) >= 11 is 0. The zero-order chi connectivity index (χ0) is 26.4. The van der Waals surface area contributed by atoms with Crippen LogP contribution < -0.4 is 33.2 Å². The Kier molecular flexibility index (Phi) is 14.7. The van der Waals surface area contributed by atoms with E-state index in [-0.39, 0.29) is 24.7 Å². The summed E-state index contributed by atoms with van der Waals surface area (Å²) in [4.78, 5) is 61.1.